The van der Waals surface area contributed by atoms with Gasteiger partial charge in [-0.25, -0.2) is 0 Å². The maximum Gasteiger partial charge on any atom is 0.137 e. The van der Waals surface area contributed by atoms with Crippen LogP contribution in [0.2, 0.25) is 0 Å². The van der Waals surface area contributed by atoms with Crippen LogP contribution in [0.25, 0.3) is 28.0 Å². The molecule has 0 N–H and O–H groups in total. The quantitative estimate of drug-likeness (QED) is 0.158. The fourth-order valence-electron chi connectivity index (χ4n) is 5.40. The fraction of sp³-hybridized carbons (Fsp3) is 0.0244. The van der Waals surface area contributed by atoms with Crippen molar-refractivity contribution in [3.8, 4) is 23.0 Å². The van der Waals surface area contributed by atoms with Gasteiger partial charge in [0.25, 0.3) is 0 Å². The Morgan fingerprint density at radius 2 is 1.11 bits per heavy atom. The first-order valence-electron chi connectivity index (χ1n) is 15.0. The molecule has 4 heteroatoms. The molecule has 0 aliphatic heterocycles. The molecule has 1 aromatic heterocycles. The van der Waals surface area contributed by atoms with E-state index in [1.807, 2.05) is 122 Å². The summed E-state index contributed by atoms with van der Waals surface area (Å²) in [6.45, 7) is 2.01. The van der Waals surface area contributed by atoms with E-state index in [2.05, 4.69) is 59.5 Å². The average Bonchev–Trinajstić information content (AvgIpc) is 3.46. The topological polar surface area (TPSA) is 34.8 Å². The molecule has 45 heavy (non-hydrogen) atoms. The normalized spacial score (nSPS) is 11.5. The zero-order valence-corrected chi connectivity index (χ0v) is 24.8. The lowest BCUT2D eigenvalue weighted by molar-refractivity contribution is 0.482. The number of anilines is 3. The molecule has 6 aromatic carbocycles. The molecule has 7 aromatic rings. The Labute approximate surface area is 262 Å². The lowest BCUT2D eigenvalue weighted by Crippen LogP contribution is -2.10. The van der Waals surface area contributed by atoms with Gasteiger partial charge in [0.15, 0.2) is 0 Å². The molecule has 0 aliphatic carbocycles. The third-order valence-electron chi connectivity index (χ3n) is 7.48. The van der Waals surface area contributed by atoms with Gasteiger partial charge in [0, 0.05) is 16.8 Å². The molecule has 0 atom stereocenters. The molecule has 1 heterocycles. The number of ether oxygens (including phenoxy) is 2. The van der Waals surface area contributed by atoms with E-state index in [4.69, 9.17) is 13.9 Å². The summed E-state index contributed by atoms with van der Waals surface area (Å²) in [6.07, 6.45) is 8.20. The number of allylic oxidation sites excluding steroid dienone is 3. The zero-order valence-electron chi connectivity index (χ0n) is 24.8. The highest BCUT2D eigenvalue weighted by atomic mass is 16.5. The van der Waals surface area contributed by atoms with E-state index in [-0.39, 0.29) is 0 Å². The second kappa shape index (κ2) is 12.7. The number of para-hydroxylation sites is 2. The van der Waals surface area contributed by atoms with Gasteiger partial charge in [-0.2, -0.15) is 0 Å². The number of hydrogen-bond donors (Lipinski definition) is 0. The first-order chi connectivity index (χ1) is 22.2. The molecule has 218 valence electrons. The number of hydrogen-bond acceptors (Lipinski definition) is 4. The molecule has 0 radical (unpaired) electrons. The summed E-state index contributed by atoms with van der Waals surface area (Å²) in [5.74, 6) is 3.12. The Morgan fingerprint density at radius 1 is 0.533 bits per heavy atom. The van der Waals surface area contributed by atoms with Crippen LogP contribution >= 0.6 is 0 Å². The predicted molar refractivity (Wildman–Crippen MR) is 185 cm³/mol. The second-order valence-electron chi connectivity index (χ2n) is 10.5. The minimum absolute atomic E-state index is 0.765. The highest BCUT2D eigenvalue weighted by Crippen LogP contribution is 2.44. The summed E-state index contributed by atoms with van der Waals surface area (Å²) in [4.78, 5) is 2.25. The number of furan rings is 1. The summed E-state index contributed by atoms with van der Waals surface area (Å²) < 4.78 is 18.6. The Hall–Kier alpha value is -6.00. The third kappa shape index (κ3) is 6.08. The highest BCUT2D eigenvalue weighted by Gasteiger charge is 2.20. The predicted octanol–water partition coefficient (Wildman–Crippen LogP) is 12.2. The third-order valence-corrected chi connectivity index (χ3v) is 7.48. The van der Waals surface area contributed by atoms with Gasteiger partial charge >= 0.3 is 0 Å². The van der Waals surface area contributed by atoms with E-state index in [0.29, 0.717) is 0 Å². The van der Waals surface area contributed by atoms with Crippen LogP contribution in [-0.2, 0) is 0 Å². The minimum atomic E-state index is 0.765. The van der Waals surface area contributed by atoms with E-state index in [9.17, 15) is 0 Å². The maximum atomic E-state index is 6.36. The summed E-state index contributed by atoms with van der Waals surface area (Å²) in [6, 6.07) is 48.5. The molecule has 0 unspecified atom stereocenters. The van der Waals surface area contributed by atoms with Crippen molar-refractivity contribution < 1.29 is 13.9 Å². The van der Waals surface area contributed by atoms with Crippen molar-refractivity contribution in [2.45, 2.75) is 6.92 Å². The van der Waals surface area contributed by atoms with E-state index < -0.39 is 0 Å². The van der Waals surface area contributed by atoms with Gasteiger partial charge in [-0.15, -0.1) is 0 Å². The van der Waals surface area contributed by atoms with Crippen molar-refractivity contribution in [1.82, 2.24) is 0 Å². The highest BCUT2D eigenvalue weighted by molar-refractivity contribution is 6.13. The molecular weight excluding hydrogens is 554 g/mol. The van der Waals surface area contributed by atoms with Gasteiger partial charge in [0.05, 0.1) is 11.1 Å². The van der Waals surface area contributed by atoms with Crippen molar-refractivity contribution in [1.29, 1.82) is 0 Å². The Bertz CT molecular complexity index is 2010. The van der Waals surface area contributed by atoms with Gasteiger partial charge in [-0.05, 0) is 110 Å². The molecule has 0 amide bonds. The van der Waals surface area contributed by atoms with Gasteiger partial charge in [0.1, 0.15) is 34.2 Å². The average molecular weight is 586 g/mol. The van der Waals surface area contributed by atoms with Crippen LogP contribution in [0.1, 0.15) is 12.5 Å². The molecule has 0 saturated heterocycles. The maximum absolute atomic E-state index is 6.36. The summed E-state index contributed by atoms with van der Waals surface area (Å²) in [5.41, 5.74) is 5.76. The second-order valence-corrected chi connectivity index (χ2v) is 10.5. The van der Waals surface area contributed by atoms with E-state index >= 15 is 0 Å². The van der Waals surface area contributed by atoms with E-state index in [1.54, 1.807) is 0 Å². The molecular formula is C41H31NO3. The molecule has 0 fully saturated rings. The zero-order chi connectivity index (χ0) is 30.4. The van der Waals surface area contributed by atoms with Crippen molar-refractivity contribution >= 4 is 45.1 Å². The molecule has 0 spiro atoms. The summed E-state index contributed by atoms with van der Waals surface area (Å²) in [5, 5.41) is 2.10. The Morgan fingerprint density at radius 3 is 1.69 bits per heavy atom. The SMILES string of the molecule is C/C=C\C=C/c1ccc2oc3cccc(N(c4ccc(Oc5ccccc5)cc4)c4ccc(Oc5ccccc5)cc4)c3c2c1. The van der Waals surface area contributed by atoms with Crippen molar-refractivity contribution in [2.75, 3.05) is 4.90 Å². The van der Waals surface area contributed by atoms with Crippen LogP contribution in [0.5, 0.6) is 23.0 Å². The lowest BCUT2D eigenvalue weighted by Gasteiger charge is -2.26. The lowest BCUT2D eigenvalue weighted by atomic mass is 10.1. The van der Waals surface area contributed by atoms with Crippen LogP contribution in [0.3, 0.4) is 0 Å². The van der Waals surface area contributed by atoms with Gasteiger partial charge in [-0.1, -0.05) is 72.8 Å². The van der Waals surface area contributed by atoms with E-state index in [1.165, 1.54) is 0 Å². The van der Waals surface area contributed by atoms with Gasteiger partial charge in [-0.3, -0.25) is 0 Å². The molecule has 0 bridgehead atoms. The van der Waals surface area contributed by atoms with Crippen molar-refractivity contribution in [3.63, 3.8) is 0 Å². The van der Waals surface area contributed by atoms with Crippen LogP contribution in [0.15, 0.2) is 168 Å². The molecule has 0 saturated carbocycles. The number of benzene rings is 6. The monoisotopic (exact) mass is 585 g/mol. The largest absolute Gasteiger partial charge is 0.457 e. The van der Waals surface area contributed by atoms with Crippen molar-refractivity contribution in [3.05, 3.63) is 169 Å². The summed E-state index contributed by atoms with van der Waals surface area (Å²) >= 11 is 0. The molecule has 4 nitrogen and oxygen atoms in total. The Kier molecular flexibility index (Phi) is 7.85. The molecule has 0 aliphatic rings. The van der Waals surface area contributed by atoms with Crippen LogP contribution in [0, 0.1) is 0 Å². The smallest absolute Gasteiger partial charge is 0.137 e. The van der Waals surface area contributed by atoms with Crippen LogP contribution in [-0.4, -0.2) is 0 Å². The van der Waals surface area contributed by atoms with Crippen LogP contribution < -0.4 is 14.4 Å². The fourth-order valence-corrected chi connectivity index (χ4v) is 5.40. The van der Waals surface area contributed by atoms with E-state index in [0.717, 1.165) is 67.6 Å². The van der Waals surface area contributed by atoms with Gasteiger partial charge in [0.2, 0.25) is 0 Å². The Balaban J connectivity index is 1.33. The first-order valence-corrected chi connectivity index (χ1v) is 15.0. The van der Waals surface area contributed by atoms with Gasteiger partial charge < -0.3 is 18.8 Å². The first kappa shape index (κ1) is 27.8. The number of rotatable bonds is 9. The minimum Gasteiger partial charge on any atom is -0.457 e. The molecule has 7 rings (SSSR count). The van der Waals surface area contributed by atoms with Crippen LogP contribution in [0.4, 0.5) is 17.1 Å². The number of nitrogens with zero attached hydrogens (tertiary/aromatic N) is 1. The number of fused-ring (bicyclic) bond motifs is 3. The summed E-state index contributed by atoms with van der Waals surface area (Å²) in [7, 11) is 0. The van der Waals surface area contributed by atoms with Crippen molar-refractivity contribution in [2.24, 2.45) is 0 Å². The standard InChI is InChI=1S/C41H31NO3/c1-2-3-6-12-30-19-28-39-37(29-30)41-38(17-11-18-40(41)45-39)42(31-20-24-35(25-21-31)43-33-13-7-4-8-14-33)32-22-26-36(27-23-32)44-34-15-9-5-10-16-34/h2-29H,1H3/b3-2-,12-6-.